The van der Waals surface area contributed by atoms with Crippen LogP contribution in [0.3, 0.4) is 0 Å². The Hall–Kier alpha value is -1.72. The summed E-state index contributed by atoms with van der Waals surface area (Å²) in [5.41, 5.74) is 0.967. The lowest BCUT2D eigenvalue weighted by molar-refractivity contribution is -0.127. The predicted molar refractivity (Wildman–Crippen MR) is 120 cm³/mol. The lowest BCUT2D eigenvalue weighted by Gasteiger charge is -2.28. The molecule has 0 heterocycles. The van der Waals surface area contributed by atoms with Crippen molar-refractivity contribution < 1.29 is 27.9 Å². The maximum Gasteiger partial charge on any atom is 0.338 e. The lowest BCUT2D eigenvalue weighted by Crippen LogP contribution is -2.35. The predicted octanol–water partition coefficient (Wildman–Crippen LogP) is 5.43. The summed E-state index contributed by atoms with van der Waals surface area (Å²) in [4.78, 5) is 12.9. The van der Waals surface area contributed by atoms with Crippen molar-refractivity contribution in [1.82, 2.24) is 0 Å². The summed E-state index contributed by atoms with van der Waals surface area (Å²) in [6.45, 7) is 11.7. The van der Waals surface area contributed by atoms with Crippen LogP contribution in [0.4, 0.5) is 0 Å². The van der Waals surface area contributed by atoms with Crippen molar-refractivity contribution in [2.75, 3.05) is 26.5 Å². The van der Waals surface area contributed by atoms with E-state index < -0.39 is 19.6 Å². The van der Waals surface area contributed by atoms with Crippen LogP contribution >= 0.6 is 7.60 Å². The van der Waals surface area contributed by atoms with Crippen molar-refractivity contribution in [3.8, 4) is 5.75 Å². The number of carbonyl (C=O) groups is 1. The molecule has 0 aliphatic rings. The molecule has 1 aromatic rings. The van der Waals surface area contributed by atoms with Gasteiger partial charge in [0.15, 0.2) is 0 Å². The summed E-state index contributed by atoms with van der Waals surface area (Å²) in [5, 5.41) is 0. The average Bonchev–Trinajstić information content (AvgIpc) is 2.72. The molecule has 0 aliphatic heterocycles. The van der Waals surface area contributed by atoms with Gasteiger partial charge in [-0.1, -0.05) is 50.8 Å². The van der Waals surface area contributed by atoms with E-state index in [1.807, 2.05) is 43.3 Å². The van der Waals surface area contributed by atoms with Crippen molar-refractivity contribution in [2.45, 2.75) is 40.4 Å². The zero-order chi connectivity index (χ0) is 22.6. The van der Waals surface area contributed by atoms with Crippen molar-refractivity contribution in [2.24, 2.45) is 11.8 Å². The number of benzene rings is 1. The molecule has 1 aromatic carbocycles. The highest BCUT2D eigenvalue weighted by atomic mass is 31.2. The van der Waals surface area contributed by atoms with E-state index in [-0.39, 0.29) is 31.1 Å². The molecule has 0 amide bonds. The molecule has 6 nitrogen and oxygen atoms in total. The molecule has 0 fully saturated rings. The molecule has 0 unspecified atom stereocenters. The van der Waals surface area contributed by atoms with Gasteiger partial charge in [0.2, 0.25) is 0 Å². The highest BCUT2D eigenvalue weighted by molar-refractivity contribution is 7.54. The minimum Gasteiger partial charge on any atom is -0.497 e. The van der Waals surface area contributed by atoms with Gasteiger partial charge in [0.1, 0.15) is 17.7 Å². The number of hydrogen-bond donors (Lipinski definition) is 0. The normalized spacial score (nSPS) is 15.0. The number of ether oxygens (including phenoxy) is 2. The minimum atomic E-state index is -3.46. The smallest absolute Gasteiger partial charge is 0.338 e. The van der Waals surface area contributed by atoms with Crippen LogP contribution < -0.4 is 4.74 Å². The fourth-order valence-corrected chi connectivity index (χ4v) is 4.78. The Bertz CT molecular complexity index is 718. The van der Waals surface area contributed by atoms with Gasteiger partial charge in [0.25, 0.3) is 0 Å². The number of rotatable bonds is 15. The molecule has 0 saturated heterocycles. The number of carbonyl (C=O) groups excluding carboxylic acids is 1. The van der Waals surface area contributed by atoms with Crippen molar-refractivity contribution in [1.29, 1.82) is 0 Å². The Labute approximate surface area is 180 Å². The number of methoxy groups -OCH3 is 1. The molecular formula is C23H35O6P. The molecule has 7 heteroatoms. The first-order valence-corrected chi connectivity index (χ1v) is 12.0. The van der Waals surface area contributed by atoms with E-state index in [4.69, 9.17) is 18.5 Å². The van der Waals surface area contributed by atoms with Gasteiger partial charge in [0, 0.05) is 11.8 Å². The second-order valence-corrected chi connectivity index (χ2v) is 9.02. The average molecular weight is 439 g/mol. The molecule has 0 bridgehead atoms. The van der Waals surface area contributed by atoms with E-state index in [2.05, 4.69) is 6.58 Å². The highest BCUT2D eigenvalue weighted by Crippen LogP contribution is 2.48. The minimum absolute atomic E-state index is 0.0567. The van der Waals surface area contributed by atoms with Gasteiger partial charge < -0.3 is 18.5 Å². The second-order valence-electron chi connectivity index (χ2n) is 6.96. The van der Waals surface area contributed by atoms with Crippen molar-refractivity contribution >= 4 is 13.4 Å². The van der Waals surface area contributed by atoms with Gasteiger partial charge in [-0.3, -0.25) is 9.36 Å². The Balaban J connectivity index is 2.95. The fraction of sp³-hybridized carbons (Fsp3) is 0.522. The zero-order valence-corrected chi connectivity index (χ0v) is 19.6. The molecule has 168 valence electrons. The topological polar surface area (TPSA) is 71.1 Å². The van der Waals surface area contributed by atoms with E-state index in [1.165, 1.54) is 0 Å². The van der Waals surface area contributed by atoms with Gasteiger partial charge in [0.05, 0.1) is 33.0 Å². The summed E-state index contributed by atoms with van der Waals surface area (Å²) in [5.74, 6) is 0.00303. The third-order valence-corrected chi connectivity index (χ3v) is 6.67. The van der Waals surface area contributed by atoms with Crippen LogP contribution in [-0.2, 0) is 29.8 Å². The molecule has 0 spiro atoms. The van der Waals surface area contributed by atoms with E-state index in [0.29, 0.717) is 6.61 Å². The summed E-state index contributed by atoms with van der Waals surface area (Å²) >= 11 is 0. The summed E-state index contributed by atoms with van der Waals surface area (Å²) in [6, 6.07) is 7.57. The lowest BCUT2D eigenvalue weighted by atomic mass is 9.90. The number of allylic oxidation sites excluding steroid dienone is 2. The molecule has 0 saturated carbocycles. The van der Waals surface area contributed by atoms with Gasteiger partial charge in [-0.05, 0) is 31.5 Å². The molecular weight excluding hydrogens is 403 g/mol. The fourth-order valence-electron chi connectivity index (χ4n) is 3.07. The van der Waals surface area contributed by atoms with E-state index in [1.54, 1.807) is 34.0 Å². The third-order valence-electron chi connectivity index (χ3n) is 4.67. The zero-order valence-electron chi connectivity index (χ0n) is 18.7. The van der Waals surface area contributed by atoms with Crippen LogP contribution in [0.15, 0.2) is 49.1 Å². The highest BCUT2D eigenvalue weighted by Gasteiger charge is 2.35. The quantitative estimate of drug-likeness (QED) is 0.269. The van der Waals surface area contributed by atoms with Gasteiger partial charge >= 0.3 is 7.60 Å². The maximum atomic E-state index is 12.9. The molecule has 3 atom stereocenters. The number of hydrogen-bond acceptors (Lipinski definition) is 6. The van der Waals surface area contributed by atoms with Gasteiger partial charge in [-0.2, -0.15) is 0 Å². The summed E-state index contributed by atoms with van der Waals surface area (Å²) in [7, 11) is -1.84. The van der Waals surface area contributed by atoms with E-state index >= 15 is 0 Å². The van der Waals surface area contributed by atoms with Crippen LogP contribution in [0.25, 0.3) is 0 Å². The standard InChI is InChI=1S/C23H35O6P/c1-7-10-11-18(4)23(27-16-20-12-14-21(26-6)15-13-20)19(5)22(24)17-30(25,28-8-2)29-9-3/h7,10-15,18-19,23H,1,8-9,16-17H2,2-6H3/b11-10-/t18-,19-,23-/m0/s1. The first kappa shape index (κ1) is 26.3. The van der Waals surface area contributed by atoms with Crippen LogP contribution in [0.5, 0.6) is 5.75 Å². The van der Waals surface area contributed by atoms with Crippen LogP contribution in [0, 0.1) is 11.8 Å². The second kappa shape index (κ2) is 13.6. The molecule has 0 N–H and O–H groups in total. The summed E-state index contributed by atoms with van der Waals surface area (Å²) < 4.78 is 34.7. The summed E-state index contributed by atoms with van der Waals surface area (Å²) in [6.07, 6.45) is 4.78. The molecule has 0 radical (unpaired) electrons. The monoisotopic (exact) mass is 438 g/mol. The van der Waals surface area contributed by atoms with E-state index in [9.17, 15) is 9.36 Å². The SMILES string of the molecule is C=C/C=C\[C@H](C)[C@H](OCc1ccc(OC)cc1)[C@@H](C)C(=O)CP(=O)(OCC)OCC. The van der Waals surface area contributed by atoms with Crippen LogP contribution in [-0.4, -0.2) is 38.4 Å². The molecule has 1 rings (SSSR count). The first-order chi connectivity index (χ1) is 14.3. The van der Waals surface area contributed by atoms with E-state index in [0.717, 1.165) is 11.3 Å². The third kappa shape index (κ3) is 8.57. The maximum absolute atomic E-state index is 12.9. The molecule has 30 heavy (non-hydrogen) atoms. The van der Waals surface area contributed by atoms with Gasteiger partial charge in [-0.15, -0.1) is 0 Å². The van der Waals surface area contributed by atoms with Gasteiger partial charge in [-0.25, -0.2) is 0 Å². The van der Waals surface area contributed by atoms with Crippen molar-refractivity contribution in [3.05, 3.63) is 54.6 Å². The van der Waals surface area contributed by atoms with Crippen molar-refractivity contribution in [3.63, 3.8) is 0 Å². The Morgan fingerprint density at radius 3 is 2.23 bits per heavy atom. The largest absolute Gasteiger partial charge is 0.497 e. The molecule has 0 aliphatic carbocycles. The Kier molecular flexibility index (Phi) is 11.9. The van der Waals surface area contributed by atoms with Crippen LogP contribution in [0.2, 0.25) is 0 Å². The Morgan fingerprint density at radius 2 is 1.73 bits per heavy atom. The Morgan fingerprint density at radius 1 is 1.13 bits per heavy atom. The first-order valence-electron chi connectivity index (χ1n) is 10.2. The number of ketones is 1. The molecule has 0 aromatic heterocycles. The van der Waals surface area contributed by atoms with Crippen LogP contribution in [0.1, 0.15) is 33.3 Å². The number of Topliss-reactive ketones (excluding diaryl/α,β-unsaturated/α-hetero) is 1.